The van der Waals surface area contributed by atoms with E-state index in [-0.39, 0.29) is 17.7 Å². The molecule has 0 radical (unpaired) electrons. The number of halogens is 1. The van der Waals surface area contributed by atoms with Gasteiger partial charge in [-0.15, -0.1) is 11.3 Å². The van der Waals surface area contributed by atoms with Crippen LogP contribution in [0.2, 0.25) is 0 Å². The molecule has 1 saturated carbocycles. The first-order valence-electron chi connectivity index (χ1n) is 8.05. The van der Waals surface area contributed by atoms with Gasteiger partial charge in [0.2, 0.25) is 0 Å². The molecule has 5 nitrogen and oxygen atoms in total. The summed E-state index contributed by atoms with van der Waals surface area (Å²) in [4.78, 5) is 30.0. The van der Waals surface area contributed by atoms with E-state index in [2.05, 4.69) is 9.97 Å². The number of allylic oxidation sites excluding steroid dienone is 2. The van der Waals surface area contributed by atoms with Crippen molar-refractivity contribution in [3.8, 4) is 0 Å². The second kappa shape index (κ2) is 5.53. The van der Waals surface area contributed by atoms with Crippen molar-refractivity contribution in [3.05, 3.63) is 59.8 Å². The molecular weight excluding hydrogens is 329 g/mol. The van der Waals surface area contributed by atoms with E-state index in [1.165, 1.54) is 11.3 Å². The molecule has 0 saturated heterocycles. The van der Waals surface area contributed by atoms with Crippen LogP contribution in [0.5, 0.6) is 0 Å². The molecule has 0 amide bonds. The van der Waals surface area contributed by atoms with E-state index >= 15 is 4.39 Å². The van der Waals surface area contributed by atoms with Gasteiger partial charge in [-0.2, -0.15) is 0 Å². The molecular formula is C17H18FN3O2S. The molecule has 2 unspecified atom stereocenters. The fourth-order valence-electron chi connectivity index (χ4n) is 3.66. The van der Waals surface area contributed by atoms with Gasteiger partial charge in [0.1, 0.15) is 5.83 Å². The molecule has 2 heterocycles. The van der Waals surface area contributed by atoms with E-state index in [0.717, 1.165) is 23.3 Å². The number of H-pyrrole nitrogens is 2. The van der Waals surface area contributed by atoms with Crippen LogP contribution in [0, 0.1) is 5.92 Å². The Labute approximate surface area is 141 Å². The third-order valence-electron chi connectivity index (χ3n) is 4.95. The third-order valence-corrected chi connectivity index (χ3v) is 5.92. The Morgan fingerprint density at radius 2 is 2.08 bits per heavy atom. The highest BCUT2D eigenvalue weighted by Crippen LogP contribution is 2.53. The van der Waals surface area contributed by atoms with Crippen molar-refractivity contribution in [1.82, 2.24) is 9.97 Å². The highest BCUT2D eigenvalue weighted by Gasteiger charge is 2.42. The van der Waals surface area contributed by atoms with Crippen molar-refractivity contribution >= 4 is 16.9 Å². The summed E-state index contributed by atoms with van der Waals surface area (Å²) >= 11 is 1.51. The van der Waals surface area contributed by atoms with Gasteiger partial charge in [-0.25, -0.2) is 9.18 Å². The number of hydrogen-bond donors (Lipinski definition) is 3. The van der Waals surface area contributed by atoms with Gasteiger partial charge in [-0.05, 0) is 35.8 Å². The second-order valence-corrected chi connectivity index (χ2v) is 7.55. The molecule has 2 aromatic rings. The Bertz CT molecular complexity index is 951. The summed E-state index contributed by atoms with van der Waals surface area (Å²) in [6, 6.07) is 1.92. The molecule has 24 heavy (non-hydrogen) atoms. The molecule has 0 aliphatic heterocycles. The number of rotatable bonds is 3. The number of thiophene rings is 1. The first-order valence-corrected chi connectivity index (χ1v) is 8.93. The highest BCUT2D eigenvalue weighted by molar-refractivity contribution is 7.10. The van der Waals surface area contributed by atoms with Crippen molar-refractivity contribution in [2.45, 2.75) is 38.1 Å². The van der Waals surface area contributed by atoms with Gasteiger partial charge in [-0.3, -0.25) is 9.78 Å². The Morgan fingerprint density at radius 3 is 2.71 bits per heavy atom. The Morgan fingerprint density at radius 1 is 1.33 bits per heavy atom. The molecule has 2 aliphatic carbocycles. The van der Waals surface area contributed by atoms with E-state index in [1.54, 1.807) is 0 Å². The van der Waals surface area contributed by atoms with Crippen LogP contribution in [0.4, 0.5) is 4.39 Å². The van der Waals surface area contributed by atoms with Crippen molar-refractivity contribution in [3.63, 3.8) is 0 Å². The monoisotopic (exact) mass is 347 g/mol. The number of nitrogens with one attached hydrogen (secondary N) is 2. The average Bonchev–Trinajstić information content (AvgIpc) is 3.26. The number of aromatic amines is 2. The van der Waals surface area contributed by atoms with Gasteiger partial charge >= 0.3 is 5.69 Å². The zero-order chi connectivity index (χ0) is 17.0. The van der Waals surface area contributed by atoms with E-state index in [1.807, 2.05) is 18.4 Å². The predicted octanol–water partition coefficient (Wildman–Crippen LogP) is 2.57. The largest absolute Gasteiger partial charge is 0.326 e. The van der Waals surface area contributed by atoms with Crippen molar-refractivity contribution in [2.75, 3.05) is 0 Å². The van der Waals surface area contributed by atoms with Crippen LogP contribution in [0.15, 0.2) is 26.9 Å². The third kappa shape index (κ3) is 2.31. The van der Waals surface area contributed by atoms with Crippen LogP contribution in [0.3, 0.4) is 0 Å². The number of nitrogens with two attached hydrogens (primary N) is 1. The normalized spacial score (nSPS) is 23.5. The van der Waals surface area contributed by atoms with E-state index < -0.39 is 17.2 Å². The lowest BCUT2D eigenvalue weighted by Crippen LogP contribution is -2.33. The maximum Gasteiger partial charge on any atom is 0.325 e. The molecule has 2 aromatic heterocycles. The van der Waals surface area contributed by atoms with Crippen LogP contribution >= 0.6 is 11.3 Å². The van der Waals surface area contributed by atoms with Crippen molar-refractivity contribution in [1.29, 1.82) is 0 Å². The number of aromatic nitrogens is 2. The highest BCUT2D eigenvalue weighted by atomic mass is 32.1. The maximum atomic E-state index is 15.4. The molecule has 0 bridgehead atoms. The van der Waals surface area contributed by atoms with Crippen molar-refractivity contribution < 1.29 is 4.39 Å². The molecule has 0 aromatic carbocycles. The minimum absolute atomic E-state index is 0.0679. The lowest BCUT2D eigenvalue weighted by Gasteiger charge is -2.30. The Balaban J connectivity index is 1.95. The van der Waals surface area contributed by atoms with E-state index in [4.69, 9.17) is 5.73 Å². The predicted molar refractivity (Wildman–Crippen MR) is 91.8 cm³/mol. The summed E-state index contributed by atoms with van der Waals surface area (Å²) in [5.41, 5.74) is 6.83. The lowest BCUT2D eigenvalue weighted by atomic mass is 9.75. The van der Waals surface area contributed by atoms with E-state index in [0.29, 0.717) is 23.4 Å². The summed E-state index contributed by atoms with van der Waals surface area (Å²) in [6.45, 7) is 2.27. The first-order chi connectivity index (χ1) is 11.5. The first kappa shape index (κ1) is 15.5. The van der Waals surface area contributed by atoms with Gasteiger partial charge in [0.05, 0.1) is 5.56 Å². The molecule has 4 N–H and O–H groups in total. The molecule has 1 fully saturated rings. The van der Waals surface area contributed by atoms with Crippen LogP contribution in [0.25, 0.3) is 5.57 Å². The minimum Gasteiger partial charge on any atom is -0.326 e. The van der Waals surface area contributed by atoms with Gasteiger partial charge in [0, 0.05) is 34.5 Å². The van der Waals surface area contributed by atoms with Gasteiger partial charge in [-0.1, -0.05) is 6.92 Å². The SMILES string of the molecule is CC1c2[nH]c(=O)[nH]c(=O)c2C(C2CC2)=C(F)C1c1csc(CN)c1. The fourth-order valence-corrected chi connectivity index (χ4v) is 4.46. The van der Waals surface area contributed by atoms with Gasteiger partial charge in [0.25, 0.3) is 5.56 Å². The summed E-state index contributed by atoms with van der Waals surface area (Å²) in [5.74, 6) is -0.977. The molecule has 7 heteroatoms. The topological polar surface area (TPSA) is 91.7 Å². The Kier molecular flexibility index (Phi) is 3.58. The smallest absolute Gasteiger partial charge is 0.325 e. The molecule has 4 rings (SSSR count). The van der Waals surface area contributed by atoms with Crippen LogP contribution < -0.4 is 17.0 Å². The summed E-state index contributed by atoms with van der Waals surface area (Å²) in [6.07, 6.45) is 1.75. The van der Waals surface area contributed by atoms with Gasteiger partial charge < -0.3 is 10.7 Å². The minimum atomic E-state index is -0.547. The zero-order valence-electron chi connectivity index (χ0n) is 13.2. The standard InChI is InChI=1S/C17H18FN3O2S/c1-7-11(9-4-10(5-19)24-6-9)14(18)12(8-2-3-8)13-15(7)20-17(23)21-16(13)22/h4,6-8,11H,2-3,5,19H2,1H3,(H2,20,21,22,23). The van der Waals surface area contributed by atoms with E-state index in [9.17, 15) is 9.59 Å². The second-order valence-electron chi connectivity index (χ2n) is 6.55. The van der Waals surface area contributed by atoms with Crippen LogP contribution in [-0.4, -0.2) is 9.97 Å². The average molecular weight is 347 g/mol. The molecule has 2 atom stereocenters. The Hall–Kier alpha value is -1.99. The molecule has 126 valence electrons. The summed E-state index contributed by atoms with van der Waals surface area (Å²) < 4.78 is 15.4. The number of hydrogen-bond acceptors (Lipinski definition) is 4. The number of fused-ring (bicyclic) bond motifs is 1. The lowest BCUT2D eigenvalue weighted by molar-refractivity contribution is 0.480. The van der Waals surface area contributed by atoms with Gasteiger partial charge in [0.15, 0.2) is 0 Å². The summed E-state index contributed by atoms with van der Waals surface area (Å²) in [7, 11) is 0. The summed E-state index contributed by atoms with van der Waals surface area (Å²) in [5, 5.41) is 1.92. The van der Waals surface area contributed by atoms with Crippen LogP contribution in [0.1, 0.15) is 53.3 Å². The maximum absolute atomic E-state index is 15.4. The van der Waals surface area contributed by atoms with Crippen molar-refractivity contribution in [2.24, 2.45) is 11.7 Å². The molecule has 2 aliphatic rings. The fraction of sp³-hybridized carbons (Fsp3) is 0.412. The quantitative estimate of drug-likeness (QED) is 0.797. The molecule has 0 spiro atoms. The zero-order valence-corrected chi connectivity index (χ0v) is 14.0. The van der Waals surface area contributed by atoms with Crippen LogP contribution in [-0.2, 0) is 6.54 Å².